The van der Waals surface area contributed by atoms with Crippen molar-refractivity contribution in [3.05, 3.63) is 24.3 Å². The lowest BCUT2D eigenvalue weighted by molar-refractivity contribution is -0.140. The third-order valence-corrected chi connectivity index (χ3v) is 8.74. The zero-order valence-electron chi connectivity index (χ0n) is 29.1. The number of rotatable bonds is 19. The van der Waals surface area contributed by atoms with Crippen molar-refractivity contribution in [2.24, 2.45) is 11.3 Å². The Morgan fingerprint density at radius 2 is 1.65 bits per heavy atom. The molecule has 270 valence electrons. The average molecular weight is 685 g/mol. The van der Waals surface area contributed by atoms with Crippen LogP contribution in [0.2, 0.25) is 0 Å². The van der Waals surface area contributed by atoms with Crippen LogP contribution in [0.1, 0.15) is 102 Å². The van der Waals surface area contributed by atoms with Crippen molar-refractivity contribution in [3.63, 3.8) is 0 Å². The number of carbonyl (C=O) groups excluding carboxylic acids is 7. The summed E-state index contributed by atoms with van der Waals surface area (Å²) in [7, 11) is 0. The summed E-state index contributed by atoms with van der Waals surface area (Å²) in [6.07, 6.45) is 11.6. The summed E-state index contributed by atoms with van der Waals surface area (Å²) in [5, 5.41) is 13.7. The highest BCUT2D eigenvalue weighted by atomic mass is 16.2. The molecule has 1 aromatic heterocycles. The topological polar surface area (TPSA) is 209 Å². The molecule has 0 saturated heterocycles. The van der Waals surface area contributed by atoms with E-state index in [0.29, 0.717) is 19.3 Å². The first kappa shape index (κ1) is 39.0. The first-order valence-electron chi connectivity index (χ1n) is 17.3. The molecule has 3 atom stereocenters. The lowest BCUT2D eigenvalue weighted by Crippen LogP contribution is -2.60. The zero-order chi connectivity index (χ0) is 36.0. The average Bonchev–Trinajstić information content (AvgIpc) is 3.91. The van der Waals surface area contributed by atoms with Crippen LogP contribution in [0.3, 0.4) is 0 Å². The largest absolute Gasteiger partial charge is 0.353 e. The lowest BCUT2D eigenvalue weighted by atomic mass is 9.82. The fraction of sp³-hybridized carbons (Fsp3) is 0.676. The maximum absolute atomic E-state index is 13.7. The normalized spacial score (nSPS) is 16.7. The Hall–Kier alpha value is -4.43. The van der Waals surface area contributed by atoms with Gasteiger partial charge in [-0.2, -0.15) is 0 Å². The molecule has 15 heteroatoms. The Kier molecular flexibility index (Phi) is 15.1. The molecule has 2 unspecified atom stereocenters. The van der Waals surface area contributed by atoms with Gasteiger partial charge in [0.25, 0.3) is 11.8 Å². The molecule has 2 saturated carbocycles. The van der Waals surface area contributed by atoms with Crippen molar-refractivity contribution < 1.29 is 33.6 Å². The van der Waals surface area contributed by atoms with Crippen LogP contribution in [0.25, 0.3) is 0 Å². The summed E-state index contributed by atoms with van der Waals surface area (Å²) in [6.45, 7) is 7.45. The van der Waals surface area contributed by atoms with Crippen LogP contribution in [-0.2, 0) is 28.8 Å². The van der Waals surface area contributed by atoms with Gasteiger partial charge >= 0.3 is 0 Å². The summed E-state index contributed by atoms with van der Waals surface area (Å²) in [5.41, 5.74) is -0.611. The number of Topliss-reactive ketones (excluding diaryl/α,β-unsaturated/α-hetero) is 1. The second-order valence-corrected chi connectivity index (χ2v) is 14.0. The van der Waals surface area contributed by atoms with Crippen molar-refractivity contribution in [1.29, 1.82) is 0 Å². The SMILES string of the molecule is CCCC(NC(=O)CCN(C=O)CCNC(=O)C(NC(=O)[C@@H](NC(=O)c1cnccn1)C1CCCCC1)C(C)(C)C)C(=O)C(=O)NC1CC1. The highest BCUT2D eigenvalue weighted by molar-refractivity contribution is 6.38. The quantitative estimate of drug-likeness (QED) is 0.103. The molecule has 0 radical (unpaired) electrons. The fourth-order valence-electron chi connectivity index (χ4n) is 5.76. The molecule has 15 nitrogen and oxygen atoms in total. The standard InChI is InChI=1S/C34H52N8O7/c1-5-9-24(28(45)32(48)38-23-12-13-23)39-26(44)14-18-42(21-43)19-17-37-33(49)29(34(2,3)4)41-31(47)27(22-10-7-6-8-11-22)40-30(46)25-20-35-15-16-36-25/h15-16,20-24,27,29H,5-14,17-19H2,1-4H3,(H,37,49)(H,38,48)(H,39,44)(H,40,46)(H,41,47)/t24?,27-,29?/m0/s1. The van der Waals surface area contributed by atoms with Crippen LogP contribution in [0, 0.1) is 11.3 Å². The highest BCUT2D eigenvalue weighted by Crippen LogP contribution is 2.28. The number of ketones is 1. The molecular formula is C34H52N8O7. The molecule has 0 bridgehead atoms. The van der Waals surface area contributed by atoms with E-state index in [0.717, 1.165) is 44.9 Å². The van der Waals surface area contributed by atoms with Gasteiger partial charge in [-0.1, -0.05) is 53.4 Å². The van der Waals surface area contributed by atoms with Gasteiger partial charge in [0, 0.05) is 44.5 Å². The fourth-order valence-corrected chi connectivity index (χ4v) is 5.76. The van der Waals surface area contributed by atoms with Crippen LogP contribution in [0.5, 0.6) is 0 Å². The van der Waals surface area contributed by atoms with Crippen molar-refractivity contribution in [1.82, 2.24) is 41.5 Å². The van der Waals surface area contributed by atoms with E-state index >= 15 is 0 Å². The maximum atomic E-state index is 13.7. The summed E-state index contributed by atoms with van der Waals surface area (Å²) < 4.78 is 0. The van der Waals surface area contributed by atoms with Crippen molar-refractivity contribution in [2.45, 2.75) is 116 Å². The highest BCUT2D eigenvalue weighted by Gasteiger charge is 2.38. The van der Waals surface area contributed by atoms with Crippen LogP contribution in [0.4, 0.5) is 0 Å². The molecule has 3 rings (SSSR count). The number of hydrogen-bond acceptors (Lipinski definition) is 9. The van der Waals surface area contributed by atoms with E-state index in [-0.39, 0.29) is 43.7 Å². The maximum Gasteiger partial charge on any atom is 0.289 e. The van der Waals surface area contributed by atoms with E-state index < -0.39 is 58.9 Å². The van der Waals surface area contributed by atoms with E-state index in [2.05, 4.69) is 36.6 Å². The minimum atomic E-state index is -0.958. The van der Waals surface area contributed by atoms with Crippen LogP contribution in [0.15, 0.2) is 18.6 Å². The Bertz CT molecular complexity index is 1310. The van der Waals surface area contributed by atoms with Gasteiger partial charge in [0.15, 0.2) is 0 Å². The second-order valence-electron chi connectivity index (χ2n) is 14.0. The van der Waals surface area contributed by atoms with Gasteiger partial charge in [-0.25, -0.2) is 4.98 Å². The van der Waals surface area contributed by atoms with Crippen LogP contribution in [-0.4, -0.2) is 100 Å². The predicted molar refractivity (Wildman–Crippen MR) is 180 cm³/mol. The van der Waals surface area contributed by atoms with E-state index in [9.17, 15) is 33.6 Å². The number of aromatic nitrogens is 2. The van der Waals surface area contributed by atoms with Crippen molar-refractivity contribution in [2.75, 3.05) is 19.6 Å². The molecule has 2 fully saturated rings. The van der Waals surface area contributed by atoms with Crippen molar-refractivity contribution in [3.8, 4) is 0 Å². The van der Waals surface area contributed by atoms with E-state index in [1.165, 1.54) is 23.5 Å². The third kappa shape index (κ3) is 12.8. The van der Waals surface area contributed by atoms with E-state index in [1.807, 2.05) is 27.7 Å². The smallest absolute Gasteiger partial charge is 0.289 e. The monoisotopic (exact) mass is 684 g/mol. The third-order valence-electron chi connectivity index (χ3n) is 8.74. The molecule has 2 aliphatic carbocycles. The second kappa shape index (κ2) is 18.9. The molecule has 0 aliphatic heterocycles. The summed E-state index contributed by atoms with van der Waals surface area (Å²) >= 11 is 0. The van der Waals surface area contributed by atoms with Gasteiger partial charge in [0.05, 0.1) is 12.2 Å². The number of hydrogen-bond donors (Lipinski definition) is 5. The van der Waals surface area contributed by atoms with Crippen molar-refractivity contribution >= 4 is 41.7 Å². The first-order chi connectivity index (χ1) is 23.3. The molecule has 49 heavy (non-hydrogen) atoms. The molecule has 2 aliphatic rings. The Balaban J connectivity index is 1.54. The molecular weight excluding hydrogens is 632 g/mol. The minimum Gasteiger partial charge on any atom is -0.353 e. The molecule has 5 N–H and O–H groups in total. The molecule has 1 heterocycles. The summed E-state index contributed by atoms with van der Waals surface area (Å²) in [5.74, 6) is -3.42. The number of nitrogens with one attached hydrogen (secondary N) is 5. The van der Waals surface area contributed by atoms with E-state index in [4.69, 9.17) is 0 Å². The number of amides is 6. The summed E-state index contributed by atoms with van der Waals surface area (Å²) in [6, 6.07) is -2.75. The van der Waals surface area contributed by atoms with Gasteiger partial charge in [-0.05, 0) is 43.4 Å². The Labute approximate surface area is 287 Å². The van der Waals surface area contributed by atoms with E-state index in [1.54, 1.807) is 0 Å². The molecule has 0 spiro atoms. The number of carbonyl (C=O) groups is 7. The molecule has 6 amide bonds. The molecule has 1 aromatic rings. The van der Waals surface area contributed by atoms with Gasteiger partial charge < -0.3 is 31.5 Å². The Morgan fingerprint density at radius 1 is 0.939 bits per heavy atom. The zero-order valence-corrected chi connectivity index (χ0v) is 29.1. The van der Waals surface area contributed by atoms with Crippen LogP contribution < -0.4 is 26.6 Å². The molecule has 0 aromatic carbocycles. The Morgan fingerprint density at radius 3 is 2.24 bits per heavy atom. The predicted octanol–water partition coefficient (Wildman–Crippen LogP) is 0.784. The summed E-state index contributed by atoms with van der Waals surface area (Å²) in [4.78, 5) is 98.5. The first-order valence-corrected chi connectivity index (χ1v) is 17.3. The van der Waals surface area contributed by atoms with Gasteiger partial charge in [0.1, 0.15) is 17.8 Å². The van der Waals surface area contributed by atoms with Gasteiger partial charge in [0.2, 0.25) is 29.9 Å². The number of nitrogens with zero attached hydrogens (tertiary/aromatic N) is 3. The minimum absolute atomic E-state index is 0.0211. The van der Waals surface area contributed by atoms with Gasteiger partial charge in [-0.15, -0.1) is 0 Å². The lowest BCUT2D eigenvalue weighted by Gasteiger charge is -2.35. The van der Waals surface area contributed by atoms with Crippen LogP contribution >= 0.6 is 0 Å². The van der Waals surface area contributed by atoms with Gasteiger partial charge in [-0.3, -0.25) is 38.5 Å².